The summed E-state index contributed by atoms with van der Waals surface area (Å²) < 4.78 is 6.21. The molecular weight excluding hydrogens is 284 g/mol. The Morgan fingerprint density at radius 3 is 3.11 bits per heavy atom. The summed E-state index contributed by atoms with van der Waals surface area (Å²) in [5.41, 5.74) is 6.54. The largest absolute Gasteiger partial charge is 0.397 e. The van der Waals surface area contributed by atoms with Crippen LogP contribution >= 0.6 is 22.9 Å². The monoisotopic (exact) mass is 296 g/mol. The smallest absolute Gasteiger partial charge is 0.263 e. The van der Waals surface area contributed by atoms with Crippen LogP contribution in [-0.2, 0) is 4.74 Å². The number of anilines is 1. The number of halogens is 1. The Bertz CT molecular complexity index is 635. The molecule has 3 N–H and O–H groups in total. The molecule has 1 aromatic heterocycles. The molecule has 1 unspecified atom stereocenters. The molecule has 2 heterocycles. The summed E-state index contributed by atoms with van der Waals surface area (Å²) in [5, 5.41) is 4.40. The molecule has 100 valence electrons. The van der Waals surface area contributed by atoms with Crippen LogP contribution in [0.4, 0.5) is 5.69 Å². The van der Waals surface area contributed by atoms with Gasteiger partial charge in [0.25, 0.3) is 5.91 Å². The number of nitrogen functional groups attached to an aromatic ring is 1. The van der Waals surface area contributed by atoms with Gasteiger partial charge in [0.2, 0.25) is 0 Å². The lowest BCUT2D eigenvalue weighted by Crippen LogP contribution is -2.34. The second kappa shape index (κ2) is 5.00. The van der Waals surface area contributed by atoms with Crippen molar-refractivity contribution in [1.29, 1.82) is 0 Å². The van der Waals surface area contributed by atoms with Gasteiger partial charge in [-0.2, -0.15) is 0 Å². The number of ether oxygens (including phenoxy) is 1. The Labute approximate surface area is 119 Å². The first-order valence-corrected chi connectivity index (χ1v) is 7.21. The summed E-state index contributed by atoms with van der Waals surface area (Å²) in [5.74, 6) is -0.134. The number of hydrogen-bond donors (Lipinski definition) is 2. The fraction of sp³-hybridized carbons (Fsp3) is 0.308. The molecule has 3 rings (SSSR count). The SMILES string of the molecule is Nc1c(C(=O)NC2CCOC2)sc2ccc(Cl)cc12. The molecule has 1 aliphatic rings. The van der Waals surface area contributed by atoms with Gasteiger partial charge < -0.3 is 15.8 Å². The highest BCUT2D eigenvalue weighted by Gasteiger charge is 2.22. The van der Waals surface area contributed by atoms with E-state index in [-0.39, 0.29) is 11.9 Å². The highest BCUT2D eigenvalue weighted by Crippen LogP contribution is 2.35. The number of rotatable bonds is 2. The van der Waals surface area contributed by atoms with Gasteiger partial charge in [0, 0.05) is 21.7 Å². The maximum atomic E-state index is 12.2. The molecule has 19 heavy (non-hydrogen) atoms. The topological polar surface area (TPSA) is 64.4 Å². The first kappa shape index (κ1) is 12.7. The molecule has 1 atom stereocenters. The highest BCUT2D eigenvalue weighted by molar-refractivity contribution is 7.21. The quantitative estimate of drug-likeness (QED) is 0.895. The summed E-state index contributed by atoms with van der Waals surface area (Å²) in [4.78, 5) is 12.8. The number of nitrogens with two attached hydrogens (primary N) is 1. The van der Waals surface area contributed by atoms with Crippen LogP contribution in [0.2, 0.25) is 5.02 Å². The second-order valence-corrected chi connectivity index (χ2v) is 6.01. The molecule has 0 spiro atoms. The third-order valence-corrected chi connectivity index (χ3v) is 4.58. The van der Waals surface area contributed by atoms with Crippen LogP contribution in [0.15, 0.2) is 18.2 Å². The summed E-state index contributed by atoms with van der Waals surface area (Å²) in [6.45, 7) is 1.27. The van der Waals surface area contributed by atoms with E-state index in [0.717, 1.165) is 16.5 Å². The summed E-state index contributed by atoms with van der Waals surface area (Å²) in [7, 11) is 0. The minimum absolute atomic E-state index is 0.0840. The number of carbonyl (C=O) groups is 1. The fourth-order valence-corrected chi connectivity index (χ4v) is 3.34. The molecule has 6 heteroatoms. The Balaban J connectivity index is 1.91. The molecule has 1 saturated heterocycles. The third-order valence-electron chi connectivity index (χ3n) is 3.16. The van der Waals surface area contributed by atoms with E-state index >= 15 is 0 Å². The first-order chi connectivity index (χ1) is 9.15. The molecule has 0 aliphatic carbocycles. The predicted molar refractivity (Wildman–Crippen MR) is 77.9 cm³/mol. The second-order valence-electron chi connectivity index (χ2n) is 4.52. The lowest BCUT2D eigenvalue weighted by molar-refractivity contribution is 0.0935. The van der Waals surface area contributed by atoms with Gasteiger partial charge in [0.05, 0.1) is 18.3 Å². The summed E-state index contributed by atoms with van der Waals surface area (Å²) >= 11 is 7.34. The minimum atomic E-state index is -0.134. The number of fused-ring (bicyclic) bond motifs is 1. The van der Waals surface area contributed by atoms with E-state index in [1.807, 2.05) is 6.07 Å². The van der Waals surface area contributed by atoms with Crippen molar-refractivity contribution in [3.63, 3.8) is 0 Å². The maximum absolute atomic E-state index is 12.2. The molecule has 1 aliphatic heterocycles. The van der Waals surface area contributed by atoms with Gasteiger partial charge >= 0.3 is 0 Å². The zero-order valence-corrected chi connectivity index (χ0v) is 11.7. The van der Waals surface area contributed by atoms with Crippen LogP contribution < -0.4 is 11.1 Å². The van der Waals surface area contributed by atoms with E-state index in [2.05, 4.69) is 5.32 Å². The maximum Gasteiger partial charge on any atom is 0.263 e. The Hall–Kier alpha value is -1.30. The Morgan fingerprint density at radius 1 is 1.53 bits per heavy atom. The van der Waals surface area contributed by atoms with Gasteiger partial charge in [-0.25, -0.2) is 0 Å². The number of amides is 1. The lowest BCUT2D eigenvalue weighted by Gasteiger charge is -2.09. The van der Waals surface area contributed by atoms with Crippen LogP contribution in [0.3, 0.4) is 0 Å². The standard InChI is InChI=1S/C13H13ClN2O2S/c14-7-1-2-10-9(5-7)11(15)12(19-10)13(17)16-8-3-4-18-6-8/h1-2,5,8H,3-4,6,15H2,(H,16,17). The van der Waals surface area contributed by atoms with Crippen molar-refractivity contribution in [1.82, 2.24) is 5.32 Å². The van der Waals surface area contributed by atoms with Gasteiger partial charge in [0.15, 0.2) is 0 Å². The number of hydrogen-bond acceptors (Lipinski definition) is 4. The van der Waals surface area contributed by atoms with Gasteiger partial charge in [-0.1, -0.05) is 11.6 Å². The summed E-state index contributed by atoms with van der Waals surface area (Å²) in [6, 6.07) is 5.55. The third kappa shape index (κ3) is 2.41. The number of thiophene rings is 1. The van der Waals surface area contributed by atoms with Crippen molar-refractivity contribution in [2.24, 2.45) is 0 Å². The molecule has 4 nitrogen and oxygen atoms in total. The zero-order valence-electron chi connectivity index (χ0n) is 10.1. The van der Waals surface area contributed by atoms with E-state index in [0.29, 0.717) is 28.8 Å². The Kier molecular flexibility index (Phi) is 3.35. The van der Waals surface area contributed by atoms with Crippen molar-refractivity contribution in [3.05, 3.63) is 28.1 Å². The number of carbonyl (C=O) groups excluding carboxylic acids is 1. The molecule has 1 fully saturated rings. The molecule has 0 bridgehead atoms. The van der Waals surface area contributed by atoms with Gasteiger partial charge in [-0.3, -0.25) is 4.79 Å². The molecule has 0 radical (unpaired) electrons. The van der Waals surface area contributed by atoms with Crippen molar-refractivity contribution in [2.45, 2.75) is 12.5 Å². The molecule has 1 aromatic carbocycles. The van der Waals surface area contributed by atoms with Gasteiger partial charge in [0.1, 0.15) is 4.88 Å². The molecule has 0 saturated carbocycles. The van der Waals surface area contributed by atoms with Crippen LogP contribution in [0, 0.1) is 0 Å². The number of nitrogens with one attached hydrogen (secondary N) is 1. The predicted octanol–water partition coefficient (Wildman–Crippen LogP) is 2.66. The average molecular weight is 297 g/mol. The molecule has 1 amide bonds. The van der Waals surface area contributed by atoms with E-state index in [9.17, 15) is 4.79 Å². The van der Waals surface area contributed by atoms with Gasteiger partial charge in [-0.15, -0.1) is 11.3 Å². The fourth-order valence-electron chi connectivity index (χ4n) is 2.16. The molecule has 2 aromatic rings. The minimum Gasteiger partial charge on any atom is -0.397 e. The Morgan fingerprint density at radius 2 is 2.37 bits per heavy atom. The van der Waals surface area contributed by atoms with Crippen molar-refractivity contribution in [2.75, 3.05) is 18.9 Å². The van der Waals surface area contributed by atoms with Crippen LogP contribution in [0.25, 0.3) is 10.1 Å². The highest BCUT2D eigenvalue weighted by atomic mass is 35.5. The van der Waals surface area contributed by atoms with Crippen molar-refractivity contribution < 1.29 is 9.53 Å². The normalized spacial score (nSPS) is 18.9. The van der Waals surface area contributed by atoms with Crippen molar-refractivity contribution >= 4 is 44.6 Å². The van der Waals surface area contributed by atoms with Crippen LogP contribution in [0.1, 0.15) is 16.1 Å². The van der Waals surface area contributed by atoms with E-state index in [1.165, 1.54) is 11.3 Å². The average Bonchev–Trinajstić information content (AvgIpc) is 2.98. The zero-order chi connectivity index (χ0) is 13.4. The van der Waals surface area contributed by atoms with Gasteiger partial charge in [-0.05, 0) is 24.6 Å². The van der Waals surface area contributed by atoms with E-state index in [1.54, 1.807) is 12.1 Å². The first-order valence-electron chi connectivity index (χ1n) is 6.01. The molecular formula is C13H13ClN2O2S. The summed E-state index contributed by atoms with van der Waals surface area (Å²) in [6.07, 6.45) is 0.850. The van der Waals surface area contributed by atoms with Crippen molar-refractivity contribution in [3.8, 4) is 0 Å². The van der Waals surface area contributed by atoms with E-state index in [4.69, 9.17) is 22.1 Å². The van der Waals surface area contributed by atoms with Crippen LogP contribution in [-0.4, -0.2) is 25.2 Å². The van der Waals surface area contributed by atoms with Crippen LogP contribution in [0.5, 0.6) is 0 Å². The number of benzene rings is 1. The van der Waals surface area contributed by atoms with E-state index < -0.39 is 0 Å². The lowest BCUT2D eigenvalue weighted by atomic mass is 10.2.